The van der Waals surface area contributed by atoms with Gasteiger partial charge in [-0.1, -0.05) is 35.9 Å². The van der Waals surface area contributed by atoms with Gasteiger partial charge in [-0.15, -0.1) is 0 Å². The molecule has 0 unspecified atom stereocenters. The Kier molecular flexibility index (Phi) is 8.80. The van der Waals surface area contributed by atoms with Crippen molar-refractivity contribution in [3.05, 3.63) is 96.6 Å². The minimum Gasteiger partial charge on any atom is -0.490 e. The van der Waals surface area contributed by atoms with Crippen LogP contribution in [0, 0.1) is 31.9 Å². The maximum absolute atomic E-state index is 12.6. The Bertz CT molecular complexity index is 1330. The van der Waals surface area contributed by atoms with E-state index in [4.69, 9.17) is 9.47 Å². The van der Waals surface area contributed by atoms with Gasteiger partial charge in [0.05, 0.1) is 15.1 Å². The Hall–Kier alpha value is -3.91. The number of nitro benzene ring substituents is 1. The van der Waals surface area contributed by atoms with Crippen LogP contribution in [0.3, 0.4) is 0 Å². The van der Waals surface area contributed by atoms with Gasteiger partial charge in [0.1, 0.15) is 18.2 Å². The molecule has 35 heavy (non-hydrogen) atoms. The van der Waals surface area contributed by atoms with E-state index in [9.17, 15) is 20.2 Å². The highest BCUT2D eigenvalue weighted by molar-refractivity contribution is 14.1. The number of nitro groups is 1. The second-order valence-electron chi connectivity index (χ2n) is 7.47. The summed E-state index contributed by atoms with van der Waals surface area (Å²) in [6, 6.07) is 18.9. The van der Waals surface area contributed by atoms with Gasteiger partial charge in [0.15, 0.2) is 11.5 Å². The number of halogens is 1. The van der Waals surface area contributed by atoms with Gasteiger partial charge in [-0.2, -0.15) is 5.26 Å². The van der Waals surface area contributed by atoms with Crippen LogP contribution in [-0.4, -0.2) is 17.4 Å². The number of non-ortho nitro benzene ring substituents is 1. The molecule has 1 N–H and O–H groups in total. The molecule has 3 aromatic rings. The lowest BCUT2D eigenvalue weighted by Crippen LogP contribution is -2.13. The van der Waals surface area contributed by atoms with Crippen molar-refractivity contribution in [1.29, 1.82) is 5.26 Å². The van der Waals surface area contributed by atoms with E-state index < -0.39 is 10.8 Å². The third-order valence-corrected chi connectivity index (χ3v) is 5.59. The molecule has 0 saturated heterocycles. The first-order chi connectivity index (χ1) is 16.8. The topological polar surface area (TPSA) is 114 Å². The number of amides is 1. The van der Waals surface area contributed by atoms with Crippen molar-refractivity contribution in [2.45, 2.75) is 20.5 Å². The van der Waals surface area contributed by atoms with E-state index in [0.29, 0.717) is 30.3 Å². The lowest BCUT2D eigenvalue weighted by Gasteiger charge is -2.15. The van der Waals surface area contributed by atoms with Crippen molar-refractivity contribution >= 4 is 45.9 Å². The minimum absolute atomic E-state index is 0.164. The number of rotatable bonds is 9. The molecule has 0 aliphatic rings. The van der Waals surface area contributed by atoms with Crippen LogP contribution >= 0.6 is 22.6 Å². The van der Waals surface area contributed by atoms with Crippen LogP contribution < -0.4 is 14.8 Å². The quantitative estimate of drug-likeness (QED) is 0.108. The number of ether oxygens (including phenoxy) is 2. The Morgan fingerprint density at radius 3 is 2.63 bits per heavy atom. The third kappa shape index (κ3) is 7.04. The van der Waals surface area contributed by atoms with Crippen LogP contribution in [0.15, 0.2) is 66.2 Å². The molecule has 3 rings (SSSR count). The molecule has 0 saturated carbocycles. The van der Waals surface area contributed by atoms with Gasteiger partial charge < -0.3 is 14.8 Å². The molecule has 0 aliphatic heterocycles. The van der Waals surface area contributed by atoms with Gasteiger partial charge >= 0.3 is 0 Å². The standard InChI is InChI=1S/C26H22IN3O5/c1-3-34-24-13-19(12-23(27)25(24)35-16-18-7-4-6-17(2)10-18)11-20(15-28)26(31)29-21-8-5-9-22(14-21)30(32)33/h4-14H,3,16H2,1-2H3,(H,29,31)/b20-11+. The van der Waals surface area contributed by atoms with Crippen LogP contribution in [0.1, 0.15) is 23.6 Å². The van der Waals surface area contributed by atoms with E-state index in [0.717, 1.165) is 14.7 Å². The second-order valence-corrected chi connectivity index (χ2v) is 8.63. The zero-order valence-electron chi connectivity index (χ0n) is 19.1. The lowest BCUT2D eigenvalue weighted by atomic mass is 10.1. The summed E-state index contributed by atoms with van der Waals surface area (Å²) >= 11 is 2.12. The highest BCUT2D eigenvalue weighted by Gasteiger charge is 2.15. The Morgan fingerprint density at radius 2 is 1.94 bits per heavy atom. The first kappa shape index (κ1) is 25.7. The average Bonchev–Trinajstić information content (AvgIpc) is 2.82. The van der Waals surface area contributed by atoms with Crippen molar-refractivity contribution in [2.75, 3.05) is 11.9 Å². The Morgan fingerprint density at radius 1 is 1.17 bits per heavy atom. The summed E-state index contributed by atoms with van der Waals surface area (Å²) in [5, 5.41) is 23.1. The Labute approximate surface area is 216 Å². The average molecular weight is 583 g/mol. The predicted octanol–water partition coefficient (Wildman–Crippen LogP) is 6.03. The highest BCUT2D eigenvalue weighted by Crippen LogP contribution is 2.35. The normalized spacial score (nSPS) is 10.9. The monoisotopic (exact) mass is 583 g/mol. The summed E-state index contributed by atoms with van der Waals surface area (Å²) in [4.78, 5) is 23.1. The summed E-state index contributed by atoms with van der Waals surface area (Å²) < 4.78 is 12.6. The fraction of sp³-hybridized carbons (Fsp3) is 0.154. The van der Waals surface area contributed by atoms with Gasteiger partial charge in [0, 0.05) is 17.8 Å². The number of nitriles is 1. The van der Waals surface area contributed by atoms with Gasteiger partial charge in [-0.3, -0.25) is 14.9 Å². The van der Waals surface area contributed by atoms with Crippen LogP contribution in [0.25, 0.3) is 6.08 Å². The van der Waals surface area contributed by atoms with Crippen molar-refractivity contribution in [3.8, 4) is 17.6 Å². The van der Waals surface area contributed by atoms with Crippen LogP contribution in [-0.2, 0) is 11.4 Å². The van der Waals surface area contributed by atoms with E-state index in [1.54, 1.807) is 12.1 Å². The molecule has 9 heteroatoms. The maximum Gasteiger partial charge on any atom is 0.271 e. The molecule has 0 aliphatic carbocycles. The predicted molar refractivity (Wildman–Crippen MR) is 141 cm³/mol. The molecule has 3 aromatic carbocycles. The molecule has 0 bridgehead atoms. The number of nitrogens with one attached hydrogen (secondary N) is 1. The Balaban J connectivity index is 1.85. The van der Waals surface area contributed by atoms with Crippen molar-refractivity contribution in [2.24, 2.45) is 0 Å². The lowest BCUT2D eigenvalue weighted by molar-refractivity contribution is -0.384. The van der Waals surface area contributed by atoms with Crippen molar-refractivity contribution < 1.29 is 19.2 Å². The maximum atomic E-state index is 12.6. The van der Waals surface area contributed by atoms with Crippen molar-refractivity contribution in [3.63, 3.8) is 0 Å². The van der Waals surface area contributed by atoms with E-state index in [-0.39, 0.29) is 16.9 Å². The number of hydrogen-bond acceptors (Lipinski definition) is 6. The molecular formula is C26H22IN3O5. The largest absolute Gasteiger partial charge is 0.490 e. The number of anilines is 1. The summed E-state index contributed by atoms with van der Waals surface area (Å²) in [5.41, 5.74) is 2.63. The zero-order chi connectivity index (χ0) is 25.4. The van der Waals surface area contributed by atoms with E-state index in [2.05, 4.69) is 27.9 Å². The van der Waals surface area contributed by atoms with E-state index in [1.165, 1.54) is 30.3 Å². The number of carbonyl (C=O) groups is 1. The van der Waals surface area contributed by atoms with Crippen LogP contribution in [0.2, 0.25) is 0 Å². The molecule has 0 radical (unpaired) electrons. The third-order valence-electron chi connectivity index (χ3n) is 4.79. The first-order valence-corrected chi connectivity index (χ1v) is 11.7. The van der Waals surface area contributed by atoms with Gasteiger partial charge in [-0.25, -0.2) is 0 Å². The molecule has 0 heterocycles. The van der Waals surface area contributed by atoms with E-state index >= 15 is 0 Å². The molecule has 0 fully saturated rings. The number of aryl methyl sites for hydroxylation is 1. The summed E-state index contributed by atoms with van der Waals surface area (Å²) in [7, 11) is 0. The fourth-order valence-corrected chi connectivity index (χ4v) is 4.02. The number of hydrogen-bond donors (Lipinski definition) is 1. The number of carbonyl (C=O) groups excluding carboxylic acids is 1. The fourth-order valence-electron chi connectivity index (χ4n) is 3.24. The molecule has 0 spiro atoms. The zero-order valence-corrected chi connectivity index (χ0v) is 21.2. The van der Waals surface area contributed by atoms with Crippen molar-refractivity contribution in [1.82, 2.24) is 0 Å². The molecule has 0 aromatic heterocycles. The van der Waals surface area contributed by atoms with Gasteiger partial charge in [0.25, 0.3) is 11.6 Å². The highest BCUT2D eigenvalue weighted by atomic mass is 127. The number of nitrogens with zero attached hydrogens (tertiary/aromatic N) is 2. The summed E-state index contributed by atoms with van der Waals surface area (Å²) in [5.74, 6) is 0.390. The SMILES string of the molecule is CCOc1cc(/C=C(\C#N)C(=O)Nc2cccc([N+](=O)[O-])c2)cc(I)c1OCc1cccc(C)c1. The molecule has 8 nitrogen and oxygen atoms in total. The molecule has 1 amide bonds. The van der Waals surface area contributed by atoms with Crippen LogP contribution in [0.5, 0.6) is 11.5 Å². The first-order valence-electron chi connectivity index (χ1n) is 10.6. The molecule has 0 atom stereocenters. The minimum atomic E-state index is -0.680. The summed E-state index contributed by atoms with van der Waals surface area (Å²) in [6.07, 6.45) is 1.43. The van der Waals surface area contributed by atoms with Gasteiger partial charge in [0.2, 0.25) is 0 Å². The molecular weight excluding hydrogens is 561 g/mol. The second kappa shape index (κ2) is 12.0. The number of benzene rings is 3. The van der Waals surface area contributed by atoms with E-state index in [1.807, 2.05) is 44.2 Å². The summed E-state index contributed by atoms with van der Waals surface area (Å²) in [6.45, 7) is 4.64. The molecule has 178 valence electrons. The van der Waals surface area contributed by atoms with Gasteiger partial charge in [-0.05, 0) is 71.8 Å². The van der Waals surface area contributed by atoms with Crippen LogP contribution in [0.4, 0.5) is 11.4 Å². The smallest absolute Gasteiger partial charge is 0.271 e.